The molecule has 6 heteroatoms. The van der Waals surface area contributed by atoms with Crippen molar-refractivity contribution in [3.05, 3.63) is 64.7 Å². The molecule has 0 bridgehead atoms. The fourth-order valence-electron chi connectivity index (χ4n) is 2.86. The van der Waals surface area contributed by atoms with Crippen LogP contribution in [0.5, 0.6) is 5.75 Å². The fraction of sp³-hybridized carbons (Fsp3) is 0.435. The van der Waals surface area contributed by atoms with Gasteiger partial charge in [-0.2, -0.15) is 0 Å². The molecule has 0 fully saturated rings. The molecule has 0 saturated carbocycles. The molecule has 0 heterocycles. The Morgan fingerprint density at radius 1 is 1.07 bits per heavy atom. The maximum Gasteiger partial charge on any atom is 0.191 e. The van der Waals surface area contributed by atoms with E-state index in [9.17, 15) is 5.11 Å². The van der Waals surface area contributed by atoms with Gasteiger partial charge in [0.15, 0.2) is 5.96 Å². The van der Waals surface area contributed by atoms with Crippen molar-refractivity contribution in [2.75, 3.05) is 33.4 Å². The van der Waals surface area contributed by atoms with Crippen molar-refractivity contribution in [1.82, 2.24) is 10.6 Å². The third kappa shape index (κ3) is 7.75. The molecule has 2 aromatic rings. The van der Waals surface area contributed by atoms with Gasteiger partial charge in [0.1, 0.15) is 12.4 Å². The Bertz CT molecular complexity index is 793. The summed E-state index contributed by atoms with van der Waals surface area (Å²) >= 11 is 0. The zero-order valence-corrected chi connectivity index (χ0v) is 17.9. The molecule has 2 rings (SSSR count). The van der Waals surface area contributed by atoms with E-state index in [1.54, 1.807) is 7.11 Å². The second kappa shape index (κ2) is 12.1. The summed E-state index contributed by atoms with van der Waals surface area (Å²) < 4.78 is 10.9. The van der Waals surface area contributed by atoms with Crippen LogP contribution in [0, 0.1) is 13.8 Å². The number of aliphatic hydroxyl groups excluding tert-OH is 1. The Morgan fingerprint density at radius 2 is 1.86 bits per heavy atom. The van der Waals surface area contributed by atoms with E-state index in [-0.39, 0.29) is 0 Å². The van der Waals surface area contributed by atoms with Crippen molar-refractivity contribution in [2.24, 2.45) is 4.99 Å². The SMILES string of the molecule is CCNC(=NCc1ccc(C)cc1OCCOC)NCC(O)c1cccc(C)c1. The topological polar surface area (TPSA) is 75.1 Å². The van der Waals surface area contributed by atoms with Crippen molar-refractivity contribution in [1.29, 1.82) is 0 Å². The van der Waals surface area contributed by atoms with Crippen LogP contribution in [0.15, 0.2) is 47.5 Å². The summed E-state index contributed by atoms with van der Waals surface area (Å²) in [4.78, 5) is 4.66. The Balaban J connectivity index is 2.03. The predicted molar refractivity (Wildman–Crippen MR) is 118 cm³/mol. The highest BCUT2D eigenvalue weighted by Gasteiger charge is 2.09. The zero-order valence-electron chi connectivity index (χ0n) is 17.9. The van der Waals surface area contributed by atoms with Crippen LogP contribution in [0.2, 0.25) is 0 Å². The van der Waals surface area contributed by atoms with Crippen LogP contribution < -0.4 is 15.4 Å². The van der Waals surface area contributed by atoms with E-state index >= 15 is 0 Å². The minimum Gasteiger partial charge on any atom is -0.491 e. The second-order valence-electron chi connectivity index (χ2n) is 6.96. The average molecular weight is 400 g/mol. The summed E-state index contributed by atoms with van der Waals surface area (Å²) in [6.45, 7) is 8.68. The molecule has 0 radical (unpaired) electrons. The Kier molecular flexibility index (Phi) is 9.47. The van der Waals surface area contributed by atoms with E-state index in [1.807, 2.05) is 57.2 Å². The highest BCUT2D eigenvalue weighted by atomic mass is 16.5. The Labute approximate surface area is 174 Å². The number of nitrogens with zero attached hydrogens (tertiary/aromatic N) is 1. The number of rotatable bonds is 10. The van der Waals surface area contributed by atoms with Crippen molar-refractivity contribution in [3.8, 4) is 5.75 Å². The minimum atomic E-state index is -0.605. The van der Waals surface area contributed by atoms with Gasteiger partial charge >= 0.3 is 0 Å². The number of benzene rings is 2. The van der Waals surface area contributed by atoms with E-state index < -0.39 is 6.10 Å². The quantitative estimate of drug-likeness (QED) is 0.325. The molecule has 6 nitrogen and oxygen atoms in total. The molecular formula is C23H33N3O3. The number of hydrogen-bond donors (Lipinski definition) is 3. The molecule has 3 N–H and O–H groups in total. The average Bonchev–Trinajstić information content (AvgIpc) is 2.71. The molecule has 0 aliphatic heterocycles. The van der Waals surface area contributed by atoms with Crippen LogP contribution >= 0.6 is 0 Å². The third-order valence-electron chi connectivity index (χ3n) is 4.41. The van der Waals surface area contributed by atoms with Crippen molar-refractivity contribution in [2.45, 2.75) is 33.4 Å². The fourth-order valence-corrected chi connectivity index (χ4v) is 2.86. The van der Waals surface area contributed by atoms with Crippen molar-refractivity contribution < 1.29 is 14.6 Å². The zero-order chi connectivity index (χ0) is 21.1. The van der Waals surface area contributed by atoms with Crippen LogP contribution in [-0.4, -0.2) is 44.5 Å². The summed E-state index contributed by atoms with van der Waals surface area (Å²) in [7, 11) is 1.66. The molecule has 2 aromatic carbocycles. The maximum atomic E-state index is 10.5. The van der Waals surface area contributed by atoms with Crippen LogP contribution in [0.3, 0.4) is 0 Å². The van der Waals surface area contributed by atoms with Crippen molar-refractivity contribution >= 4 is 5.96 Å². The monoisotopic (exact) mass is 399 g/mol. The first-order chi connectivity index (χ1) is 14.0. The van der Waals surface area contributed by atoms with E-state index in [2.05, 4.69) is 21.7 Å². The maximum absolute atomic E-state index is 10.5. The van der Waals surface area contributed by atoms with Gasteiger partial charge in [-0.25, -0.2) is 4.99 Å². The smallest absolute Gasteiger partial charge is 0.191 e. The van der Waals surface area contributed by atoms with Gasteiger partial charge in [0.25, 0.3) is 0 Å². The lowest BCUT2D eigenvalue weighted by Crippen LogP contribution is -2.39. The molecule has 0 amide bonds. The number of aliphatic hydroxyl groups is 1. The number of ether oxygens (including phenoxy) is 2. The van der Waals surface area contributed by atoms with Gasteiger partial charge in [-0.3, -0.25) is 0 Å². The number of aliphatic imine (C=N–C) groups is 1. The van der Waals surface area contributed by atoms with E-state index in [1.165, 1.54) is 0 Å². The van der Waals surface area contributed by atoms with Crippen LogP contribution in [0.4, 0.5) is 0 Å². The molecule has 0 aromatic heterocycles. The van der Waals surface area contributed by atoms with E-state index in [4.69, 9.17) is 9.47 Å². The summed E-state index contributed by atoms with van der Waals surface area (Å²) in [6.07, 6.45) is -0.605. The van der Waals surface area contributed by atoms with Gasteiger partial charge in [-0.1, -0.05) is 42.0 Å². The minimum absolute atomic E-state index is 0.375. The van der Waals surface area contributed by atoms with Gasteiger partial charge in [-0.05, 0) is 38.0 Å². The highest BCUT2D eigenvalue weighted by Crippen LogP contribution is 2.21. The van der Waals surface area contributed by atoms with Crippen LogP contribution in [0.1, 0.15) is 35.3 Å². The summed E-state index contributed by atoms with van der Waals surface area (Å²) in [5.74, 6) is 1.48. The number of nitrogens with one attached hydrogen (secondary N) is 2. The third-order valence-corrected chi connectivity index (χ3v) is 4.41. The lowest BCUT2D eigenvalue weighted by molar-refractivity contribution is 0.145. The van der Waals surface area contributed by atoms with Crippen molar-refractivity contribution in [3.63, 3.8) is 0 Å². The van der Waals surface area contributed by atoms with Gasteiger partial charge in [0.2, 0.25) is 0 Å². The molecule has 0 saturated heterocycles. The molecule has 0 spiro atoms. The number of guanidine groups is 1. The Morgan fingerprint density at radius 3 is 2.59 bits per heavy atom. The van der Waals surface area contributed by atoms with E-state index in [0.29, 0.717) is 32.3 Å². The molecule has 1 unspecified atom stereocenters. The highest BCUT2D eigenvalue weighted by molar-refractivity contribution is 5.79. The normalized spacial score (nSPS) is 12.5. The standard InChI is InChI=1S/C23H33N3O3/c1-5-24-23(26-16-21(27)19-8-6-7-17(2)13-19)25-15-20-10-9-18(3)14-22(20)29-12-11-28-4/h6-10,13-14,21,27H,5,11-12,15-16H2,1-4H3,(H2,24,25,26). The molecule has 29 heavy (non-hydrogen) atoms. The molecular weight excluding hydrogens is 366 g/mol. The molecule has 0 aliphatic carbocycles. The lowest BCUT2D eigenvalue weighted by Gasteiger charge is -2.16. The first kappa shape index (κ1) is 22.7. The van der Waals surface area contributed by atoms with Gasteiger partial charge in [0, 0.05) is 25.8 Å². The number of aryl methyl sites for hydroxylation is 2. The summed E-state index contributed by atoms with van der Waals surface area (Å²) in [5, 5.41) is 16.9. The van der Waals surface area contributed by atoms with E-state index in [0.717, 1.165) is 34.5 Å². The number of hydrogen-bond acceptors (Lipinski definition) is 4. The first-order valence-electron chi connectivity index (χ1n) is 10.0. The predicted octanol–water partition coefficient (Wildman–Crippen LogP) is 3.12. The summed E-state index contributed by atoms with van der Waals surface area (Å²) in [5.41, 5.74) is 4.16. The van der Waals surface area contributed by atoms with Gasteiger partial charge in [0.05, 0.1) is 19.3 Å². The number of methoxy groups -OCH3 is 1. The molecule has 158 valence electrons. The lowest BCUT2D eigenvalue weighted by atomic mass is 10.1. The largest absolute Gasteiger partial charge is 0.491 e. The molecule has 1 atom stereocenters. The van der Waals surface area contributed by atoms with Crippen LogP contribution in [-0.2, 0) is 11.3 Å². The molecule has 0 aliphatic rings. The van der Waals surface area contributed by atoms with Gasteiger partial charge < -0.3 is 25.2 Å². The van der Waals surface area contributed by atoms with Crippen LogP contribution in [0.25, 0.3) is 0 Å². The second-order valence-corrected chi connectivity index (χ2v) is 6.96. The Hall–Kier alpha value is -2.57. The van der Waals surface area contributed by atoms with Gasteiger partial charge in [-0.15, -0.1) is 0 Å². The first-order valence-corrected chi connectivity index (χ1v) is 10.0. The summed E-state index contributed by atoms with van der Waals surface area (Å²) in [6, 6.07) is 14.0.